The number of halogens is 2. The van der Waals surface area contributed by atoms with Crippen LogP contribution in [-0.2, 0) is 0 Å². The predicted octanol–water partition coefficient (Wildman–Crippen LogP) is 4.88. The Balaban J connectivity index is 1.81. The van der Waals surface area contributed by atoms with Gasteiger partial charge in [0.15, 0.2) is 5.65 Å². The molecule has 5 aromatic rings. The van der Waals surface area contributed by atoms with Crippen molar-refractivity contribution in [3.05, 3.63) is 65.3 Å². The first-order valence-corrected chi connectivity index (χ1v) is 8.53. The molecule has 6 nitrogen and oxygen atoms in total. The van der Waals surface area contributed by atoms with Crippen LogP contribution in [0.4, 0.5) is 11.5 Å². The lowest BCUT2D eigenvalue weighted by Gasteiger charge is -2.10. The van der Waals surface area contributed by atoms with E-state index in [1.54, 1.807) is 43.1 Å². The van der Waals surface area contributed by atoms with Crippen molar-refractivity contribution >= 4 is 62.3 Å². The topological polar surface area (TPSA) is 68.0 Å². The minimum atomic E-state index is 0.547. The van der Waals surface area contributed by atoms with Crippen LogP contribution in [0.1, 0.15) is 0 Å². The van der Waals surface area contributed by atoms with Gasteiger partial charge in [-0.05, 0) is 30.3 Å². The van der Waals surface area contributed by atoms with Gasteiger partial charge in [-0.3, -0.25) is 9.38 Å². The molecule has 0 amide bonds. The molecule has 126 valence electrons. The van der Waals surface area contributed by atoms with Gasteiger partial charge >= 0.3 is 0 Å². The molecule has 0 fully saturated rings. The monoisotopic (exact) mass is 380 g/mol. The van der Waals surface area contributed by atoms with Gasteiger partial charge in [0.2, 0.25) is 0 Å². The molecule has 0 aliphatic heterocycles. The lowest BCUT2D eigenvalue weighted by atomic mass is 10.2. The van der Waals surface area contributed by atoms with Gasteiger partial charge in [0.1, 0.15) is 23.3 Å². The Morgan fingerprint density at radius 1 is 0.885 bits per heavy atom. The number of fused-ring (bicyclic) bond motifs is 5. The summed E-state index contributed by atoms with van der Waals surface area (Å²) in [7, 11) is 0. The van der Waals surface area contributed by atoms with Crippen molar-refractivity contribution in [2.24, 2.45) is 0 Å². The molecule has 5 rings (SSSR count). The largest absolute Gasteiger partial charge is 0.340 e. The fourth-order valence-corrected chi connectivity index (χ4v) is 3.51. The zero-order chi connectivity index (χ0) is 17.7. The van der Waals surface area contributed by atoms with E-state index in [0.29, 0.717) is 21.5 Å². The molecule has 8 heteroatoms. The average molecular weight is 381 g/mol. The second-order valence-electron chi connectivity index (χ2n) is 5.76. The number of nitrogens with one attached hydrogen (secondary N) is 1. The number of pyridine rings is 2. The third-order valence-electron chi connectivity index (χ3n) is 4.08. The van der Waals surface area contributed by atoms with Crippen LogP contribution in [0.5, 0.6) is 0 Å². The van der Waals surface area contributed by atoms with Gasteiger partial charge in [-0.1, -0.05) is 23.2 Å². The molecule has 0 spiro atoms. The van der Waals surface area contributed by atoms with Gasteiger partial charge in [-0.15, -0.1) is 0 Å². The van der Waals surface area contributed by atoms with E-state index in [9.17, 15) is 0 Å². The Morgan fingerprint density at radius 2 is 1.69 bits per heavy atom. The highest BCUT2D eigenvalue weighted by Gasteiger charge is 2.14. The molecule has 0 unspecified atom stereocenters. The van der Waals surface area contributed by atoms with Gasteiger partial charge in [-0.25, -0.2) is 15.0 Å². The maximum atomic E-state index is 6.11. The number of imidazole rings is 1. The highest BCUT2D eigenvalue weighted by atomic mass is 35.5. The van der Waals surface area contributed by atoms with Gasteiger partial charge in [0.25, 0.3) is 0 Å². The van der Waals surface area contributed by atoms with Crippen molar-refractivity contribution in [3.63, 3.8) is 0 Å². The Kier molecular flexibility index (Phi) is 3.41. The second kappa shape index (κ2) is 5.79. The molecule has 1 N–H and O–H groups in total. The van der Waals surface area contributed by atoms with Crippen molar-refractivity contribution in [1.82, 2.24) is 24.3 Å². The summed E-state index contributed by atoms with van der Waals surface area (Å²) in [6.45, 7) is 0. The van der Waals surface area contributed by atoms with Crippen LogP contribution in [0.3, 0.4) is 0 Å². The summed E-state index contributed by atoms with van der Waals surface area (Å²) < 4.78 is 1.85. The van der Waals surface area contributed by atoms with E-state index in [2.05, 4.69) is 20.3 Å². The Bertz CT molecular complexity index is 1280. The van der Waals surface area contributed by atoms with Crippen LogP contribution in [0.15, 0.2) is 55.2 Å². The first kappa shape index (κ1) is 15.3. The van der Waals surface area contributed by atoms with Crippen molar-refractivity contribution < 1.29 is 0 Å². The van der Waals surface area contributed by atoms with E-state index in [1.807, 2.05) is 16.5 Å². The molecule has 26 heavy (non-hydrogen) atoms. The average Bonchev–Trinajstić information content (AvgIpc) is 3.00. The standard InChI is InChI=1S/C18H10Cl2N6/c19-10-5-11(20)7-12(6-10)23-17-13-1-3-21-8-14(13)16-18(25-17)26-9-22-4-2-15(26)24-16/h1-9H,(H,23,25). The van der Waals surface area contributed by atoms with Crippen molar-refractivity contribution in [1.29, 1.82) is 0 Å². The number of hydrogen-bond acceptors (Lipinski definition) is 5. The molecule has 4 heterocycles. The van der Waals surface area contributed by atoms with Crippen LogP contribution < -0.4 is 5.32 Å². The number of benzene rings is 1. The zero-order valence-electron chi connectivity index (χ0n) is 13.2. The number of hydrogen-bond donors (Lipinski definition) is 1. The Labute approximate surface area is 157 Å². The zero-order valence-corrected chi connectivity index (χ0v) is 14.7. The minimum absolute atomic E-state index is 0.547. The normalized spacial score (nSPS) is 11.5. The first-order chi connectivity index (χ1) is 12.7. The smallest absolute Gasteiger partial charge is 0.168 e. The van der Waals surface area contributed by atoms with Crippen LogP contribution in [0, 0.1) is 0 Å². The quantitative estimate of drug-likeness (QED) is 0.472. The van der Waals surface area contributed by atoms with Crippen molar-refractivity contribution in [2.75, 3.05) is 5.32 Å². The van der Waals surface area contributed by atoms with E-state index in [4.69, 9.17) is 28.2 Å². The highest BCUT2D eigenvalue weighted by Crippen LogP contribution is 2.32. The molecule has 0 aliphatic rings. The van der Waals surface area contributed by atoms with Crippen LogP contribution in [0.2, 0.25) is 10.0 Å². The van der Waals surface area contributed by atoms with Gasteiger partial charge in [0.05, 0.1) is 0 Å². The molecule has 0 atom stereocenters. The van der Waals surface area contributed by atoms with E-state index in [-0.39, 0.29) is 0 Å². The second-order valence-corrected chi connectivity index (χ2v) is 6.63. The molecule has 0 radical (unpaired) electrons. The summed E-state index contributed by atoms with van der Waals surface area (Å²) in [5.74, 6) is 0.666. The fourth-order valence-electron chi connectivity index (χ4n) is 2.99. The number of nitrogens with zero attached hydrogens (tertiary/aromatic N) is 5. The third-order valence-corrected chi connectivity index (χ3v) is 4.52. The van der Waals surface area contributed by atoms with Crippen LogP contribution >= 0.6 is 23.2 Å². The summed E-state index contributed by atoms with van der Waals surface area (Å²) in [6.07, 6.45) is 6.91. The van der Waals surface area contributed by atoms with E-state index >= 15 is 0 Å². The Morgan fingerprint density at radius 3 is 2.54 bits per heavy atom. The van der Waals surface area contributed by atoms with Crippen molar-refractivity contribution in [3.8, 4) is 0 Å². The lowest BCUT2D eigenvalue weighted by molar-refractivity contribution is 1.09. The lowest BCUT2D eigenvalue weighted by Crippen LogP contribution is -1.97. The van der Waals surface area contributed by atoms with E-state index < -0.39 is 0 Å². The molecular formula is C18H10Cl2N6. The Hall–Kier alpha value is -2.96. The van der Waals surface area contributed by atoms with Crippen molar-refractivity contribution in [2.45, 2.75) is 0 Å². The van der Waals surface area contributed by atoms with Gasteiger partial charge < -0.3 is 5.32 Å². The minimum Gasteiger partial charge on any atom is -0.340 e. The molecule has 0 aliphatic carbocycles. The van der Waals surface area contributed by atoms with E-state index in [0.717, 1.165) is 27.6 Å². The molecule has 1 aromatic carbocycles. The summed E-state index contributed by atoms with van der Waals surface area (Å²) in [6, 6.07) is 9.01. The summed E-state index contributed by atoms with van der Waals surface area (Å²) >= 11 is 12.2. The SMILES string of the molecule is Clc1cc(Cl)cc(Nc2nc3c(nc4ccncn43)c3cnccc23)c1. The summed E-state index contributed by atoms with van der Waals surface area (Å²) in [5, 5.41) is 6.20. The third kappa shape index (κ3) is 2.42. The summed E-state index contributed by atoms with van der Waals surface area (Å²) in [4.78, 5) is 17.9. The maximum absolute atomic E-state index is 6.11. The first-order valence-electron chi connectivity index (χ1n) is 7.78. The maximum Gasteiger partial charge on any atom is 0.168 e. The number of aromatic nitrogens is 5. The molecule has 0 bridgehead atoms. The van der Waals surface area contributed by atoms with E-state index in [1.165, 1.54) is 0 Å². The summed E-state index contributed by atoms with van der Waals surface area (Å²) in [5.41, 5.74) is 3.00. The van der Waals surface area contributed by atoms with Gasteiger partial charge in [0, 0.05) is 45.1 Å². The van der Waals surface area contributed by atoms with Gasteiger partial charge in [-0.2, -0.15) is 0 Å². The predicted molar refractivity (Wildman–Crippen MR) is 103 cm³/mol. The van der Waals surface area contributed by atoms with Crippen LogP contribution in [-0.4, -0.2) is 24.3 Å². The number of rotatable bonds is 2. The number of anilines is 2. The molecule has 0 saturated carbocycles. The van der Waals surface area contributed by atoms with Crippen LogP contribution in [0.25, 0.3) is 27.6 Å². The molecular weight excluding hydrogens is 371 g/mol. The molecule has 0 saturated heterocycles. The molecule has 4 aromatic heterocycles. The highest BCUT2D eigenvalue weighted by molar-refractivity contribution is 6.35. The fraction of sp³-hybridized carbons (Fsp3) is 0.